The van der Waals surface area contributed by atoms with Gasteiger partial charge in [-0.25, -0.2) is 8.42 Å². The van der Waals surface area contributed by atoms with Crippen molar-refractivity contribution in [3.63, 3.8) is 0 Å². The van der Waals surface area contributed by atoms with Gasteiger partial charge in [0.15, 0.2) is 0 Å². The number of sulfonamides is 1. The van der Waals surface area contributed by atoms with Gasteiger partial charge in [-0.05, 0) is 56.7 Å². The number of rotatable bonds is 9. The van der Waals surface area contributed by atoms with Crippen LogP contribution in [0.25, 0.3) is 0 Å². The minimum Gasteiger partial charge on any atom is -0.352 e. The largest absolute Gasteiger partial charge is 0.352 e. The first-order valence-electron chi connectivity index (χ1n) is 10.1. The molecule has 1 atom stereocenters. The van der Waals surface area contributed by atoms with Gasteiger partial charge in [-0.2, -0.15) is 0 Å². The molecule has 0 spiro atoms. The molecule has 0 saturated heterocycles. The molecule has 7 nitrogen and oxygen atoms in total. The van der Waals surface area contributed by atoms with Crippen LogP contribution in [0, 0.1) is 0 Å². The molecule has 2 rings (SSSR count). The topological polar surface area (TPSA) is 86.8 Å². The Kier molecular flexibility index (Phi) is 9.60. The lowest BCUT2D eigenvalue weighted by molar-refractivity contribution is -0.139. The van der Waals surface area contributed by atoms with E-state index in [1.807, 2.05) is 13.8 Å². The van der Waals surface area contributed by atoms with Crippen molar-refractivity contribution in [1.29, 1.82) is 0 Å². The maximum Gasteiger partial charge on any atom is 0.244 e. The number of carbonyl (C=O) groups excluding carboxylic acids is 2. The zero-order valence-electron chi connectivity index (χ0n) is 18.7. The van der Waals surface area contributed by atoms with E-state index in [9.17, 15) is 18.0 Å². The smallest absolute Gasteiger partial charge is 0.244 e. The highest BCUT2D eigenvalue weighted by Gasteiger charge is 2.30. The Hall–Kier alpha value is -1.81. The van der Waals surface area contributed by atoms with Gasteiger partial charge in [-0.3, -0.25) is 13.9 Å². The summed E-state index contributed by atoms with van der Waals surface area (Å²) in [6.45, 7) is 4.72. The van der Waals surface area contributed by atoms with E-state index in [0.717, 1.165) is 10.6 Å². The van der Waals surface area contributed by atoms with Crippen LogP contribution in [-0.4, -0.2) is 50.0 Å². The number of hydrogen-bond donors (Lipinski definition) is 1. The summed E-state index contributed by atoms with van der Waals surface area (Å²) in [6.07, 6.45) is 1.02. The normalized spacial score (nSPS) is 12.4. The summed E-state index contributed by atoms with van der Waals surface area (Å²) in [4.78, 5) is 27.5. The van der Waals surface area contributed by atoms with E-state index in [1.165, 1.54) is 4.90 Å². The highest BCUT2D eigenvalue weighted by atomic mass is 79.9. The first kappa shape index (κ1) is 27.4. The molecule has 0 aliphatic rings. The van der Waals surface area contributed by atoms with Crippen molar-refractivity contribution in [3.8, 4) is 0 Å². The van der Waals surface area contributed by atoms with Crippen molar-refractivity contribution in [2.75, 3.05) is 17.1 Å². The van der Waals surface area contributed by atoms with Crippen molar-refractivity contribution >= 4 is 66.7 Å². The SMILES string of the molecule is CC(C)NC(=O)C(C)N(Cc1ccc(Cl)cc1Cl)C(=O)CN(c1cccc(Br)c1)S(C)(=O)=O. The number of nitrogens with one attached hydrogen (secondary N) is 1. The van der Waals surface area contributed by atoms with Gasteiger partial charge in [0.05, 0.1) is 11.9 Å². The molecular weight excluding hydrogens is 553 g/mol. The minimum absolute atomic E-state index is 0.00238. The molecule has 0 aromatic heterocycles. The van der Waals surface area contributed by atoms with Crippen molar-refractivity contribution in [2.45, 2.75) is 39.4 Å². The Morgan fingerprint density at radius 3 is 2.30 bits per heavy atom. The van der Waals surface area contributed by atoms with Crippen molar-refractivity contribution in [3.05, 3.63) is 62.5 Å². The van der Waals surface area contributed by atoms with E-state index in [0.29, 0.717) is 25.8 Å². The molecule has 0 fully saturated rings. The second kappa shape index (κ2) is 11.6. The van der Waals surface area contributed by atoms with Gasteiger partial charge >= 0.3 is 0 Å². The molecule has 0 aliphatic carbocycles. The molecule has 2 amide bonds. The van der Waals surface area contributed by atoms with Crippen molar-refractivity contribution < 1.29 is 18.0 Å². The highest BCUT2D eigenvalue weighted by molar-refractivity contribution is 9.10. The second-order valence-electron chi connectivity index (χ2n) is 7.85. The van der Waals surface area contributed by atoms with Gasteiger partial charge in [0.1, 0.15) is 12.6 Å². The summed E-state index contributed by atoms with van der Waals surface area (Å²) in [5.74, 6) is -0.922. The van der Waals surface area contributed by atoms with Crippen LogP contribution in [0.1, 0.15) is 26.3 Å². The van der Waals surface area contributed by atoms with Crippen LogP contribution in [0.3, 0.4) is 0 Å². The molecule has 0 bridgehead atoms. The summed E-state index contributed by atoms with van der Waals surface area (Å²) in [6, 6.07) is 10.4. The third kappa shape index (κ3) is 7.88. The van der Waals surface area contributed by atoms with Crippen LogP contribution in [-0.2, 0) is 26.2 Å². The van der Waals surface area contributed by atoms with Crippen LogP contribution in [0.5, 0.6) is 0 Å². The third-order valence-corrected chi connectivity index (χ3v) is 6.95. The molecule has 11 heteroatoms. The third-order valence-electron chi connectivity index (χ3n) is 4.73. The fraction of sp³-hybridized carbons (Fsp3) is 0.364. The zero-order valence-corrected chi connectivity index (χ0v) is 22.6. The van der Waals surface area contributed by atoms with Crippen LogP contribution < -0.4 is 9.62 Å². The molecule has 1 N–H and O–H groups in total. The number of amides is 2. The molecule has 1 unspecified atom stereocenters. The van der Waals surface area contributed by atoms with E-state index in [4.69, 9.17) is 23.2 Å². The van der Waals surface area contributed by atoms with Gasteiger partial charge in [0.25, 0.3) is 0 Å². The Morgan fingerprint density at radius 2 is 1.76 bits per heavy atom. The molecule has 2 aromatic carbocycles. The van der Waals surface area contributed by atoms with Crippen molar-refractivity contribution in [2.24, 2.45) is 0 Å². The number of nitrogens with zero attached hydrogens (tertiary/aromatic N) is 2. The van der Waals surface area contributed by atoms with E-state index in [2.05, 4.69) is 21.2 Å². The number of anilines is 1. The Labute approximate surface area is 213 Å². The van der Waals surface area contributed by atoms with Crippen LogP contribution in [0.2, 0.25) is 10.0 Å². The van der Waals surface area contributed by atoms with Crippen LogP contribution in [0.15, 0.2) is 46.9 Å². The minimum atomic E-state index is -3.79. The Balaban J connectivity index is 2.42. The first-order valence-corrected chi connectivity index (χ1v) is 13.5. The summed E-state index contributed by atoms with van der Waals surface area (Å²) in [5.41, 5.74) is 0.899. The second-order valence-corrected chi connectivity index (χ2v) is 11.5. The zero-order chi connectivity index (χ0) is 24.9. The predicted octanol–water partition coefficient (Wildman–Crippen LogP) is 4.46. The predicted molar refractivity (Wildman–Crippen MR) is 136 cm³/mol. The van der Waals surface area contributed by atoms with Crippen molar-refractivity contribution in [1.82, 2.24) is 10.2 Å². The maximum atomic E-state index is 13.4. The van der Waals surface area contributed by atoms with Crippen LogP contribution in [0.4, 0.5) is 5.69 Å². The Morgan fingerprint density at radius 1 is 1.09 bits per heavy atom. The average Bonchev–Trinajstić information content (AvgIpc) is 2.69. The maximum absolute atomic E-state index is 13.4. The number of halogens is 3. The fourth-order valence-electron chi connectivity index (χ4n) is 3.07. The van der Waals surface area contributed by atoms with E-state index >= 15 is 0 Å². The molecule has 0 aliphatic heterocycles. The summed E-state index contributed by atoms with van der Waals surface area (Å²) in [5, 5.41) is 3.56. The van der Waals surface area contributed by atoms with Gasteiger partial charge in [0.2, 0.25) is 21.8 Å². The molecular formula is C22H26BrCl2N3O4S. The quantitative estimate of drug-likeness (QED) is 0.476. The van der Waals surface area contributed by atoms with Gasteiger partial charge < -0.3 is 10.2 Å². The summed E-state index contributed by atoms with van der Waals surface area (Å²) < 4.78 is 26.7. The number of carbonyl (C=O) groups is 2. The molecule has 0 saturated carbocycles. The molecule has 0 radical (unpaired) electrons. The van der Waals surface area contributed by atoms with E-state index < -0.39 is 28.5 Å². The summed E-state index contributed by atoms with van der Waals surface area (Å²) in [7, 11) is -3.79. The lowest BCUT2D eigenvalue weighted by Gasteiger charge is -2.32. The first-order chi connectivity index (χ1) is 15.3. The lowest BCUT2D eigenvalue weighted by Crippen LogP contribution is -2.52. The van der Waals surface area contributed by atoms with Gasteiger partial charge in [-0.15, -0.1) is 0 Å². The number of benzene rings is 2. The molecule has 2 aromatic rings. The highest BCUT2D eigenvalue weighted by Crippen LogP contribution is 2.25. The molecule has 33 heavy (non-hydrogen) atoms. The number of hydrogen-bond acceptors (Lipinski definition) is 4. The lowest BCUT2D eigenvalue weighted by atomic mass is 10.1. The Bertz CT molecular complexity index is 1130. The standard InChI is InChI=1S/C22H26BrCl2N3O4S/c1-14(2)26-22(30)15(3)27(12-16-8-9-18(24)11-20(16)25)21(29)13-28(33(4,31)32)19-7-5-6-17(23)10-19/h5-11,14-15H,12-13H2,1-4H3,(H,26,30). The molecule has 180 valence electrons. The summed E-state index contributed by atoms with van der Waals surface area (Å²) >= 11 is 15.6. The fourth-order valence-corrected chi connectivity index (χ4v) is 4.76. The average molecular weight is 579 g/mol. The van der Waals surface area contributed by atoms with Crippen LogP contribution >= 0.6 is 39.1 Å². The van der Waals surface area contributed by atoms with Gasteiger partial charge in [0, 0.05) is 27.1 Å². The van der Waals surface area contributed by atoms with E-state index in [-0.39, 0.29) is 18.5 Å². The molecule has 0 heterocycles. The van der Waals surface area contributed by atoms with Gasteiger partial charge in [-0.1, -0.05) is 51.3 Å². The monoisotopic (exact) mass is 577 g/mol. The van der Waals surface area contributed by atoms with E-state index in [1.54, 1.807) is 49.4 Å².